The molecular weight excluding hydrogens is 261 g/mol. The highest BCUT2D eigenvalue weighted by Gasteiger charge is 2.30. The van der Waals surface area contributed by atoms with E-state index in [-0.39, 0.29) is 11.5 Å². The zero-order chi connectivity index (χ0) is 14.5. The number of halogens is 1. The quantitative estimate of drug-likeness (QED) is 0.890. The lowest BCUT2D eigenvalue weighted by molar-refractivity contribution is -0.141. The van der Waals surface area contributed by atoms with E-state index < -0.39 is 23.7 Å². The van der Waals surface area contributed by atoms with Crippen LogP contribution in [-0.4, -0.2) is 23.0 Å². The maximum Gasteiger partial charge on any atom is 0.326 e. The number of carboxylic acids is 1. The van der Waals surface area contributed by atoms with Crippen LogP contribution in [0.5, 0.6) is 0 Å². The minimum atomic E-state index is -1.03. The Morgan fingerprint density at radius 2 is 1.95 bits per heavy atom. The first-order valence-electron chi connectivity index (χ1n) is 6.87. The summed E-state index contributed by atoms with van der Waals surface area (Å²) in [5.74, 6) is -2.12. The van der Waals surface area contributed by atoms with E-state index in [1.807, 2.05) is 0 Å². The lowest BCUT2D eigenvalue weighted by Gasteiger charge is -2.28. The SMILES string of the molecule is O=C(N[C@H](C(=O)O)C1CCCCC1)c1cccc(F)c1. The highest BCUT2D eigenvalue weighted by molar-refractivity contribution is 5.96. The average Bonchev–Trinajstić information content (AvgIpc) is 2.45. The van der Waals surface area contributed by atoms with Crippen LogP contribution in [-0.2, 0) is 4.79 Å². The van der Waals surface area contributed by atoms with Gasteiger partial charge in [-0.25, -0.2) is 9.18 Å². The second-order valence-electron chi connectivity index (χ2n) is 5.20. The summed E-state index contributed by atoms with van der Waals surface area (Å²) in [7, 11) is 0. The molecule has 1 atom stereocenters. The zero-order valence-electron chi connectivity index (χ0n) is 11.1. The fraction of sp³-hybridized carbons (Fsp3) is 0.467. The minimum absolute atomic E-state index is 0.0428. The van der Waals surface area contributed by atoms with Gasteiger partial charge in [-0.05, 0) is 37.0 Å². The van der Waals surface area contributed by atoms with Crippen molar-refractivity contribution in [2.75, 3.05) is 0 Å². The third-order valence-corrected chi connectivity index (χ3v) is 3.76. The van der Waals surface area contributed by atoms with Crippen molar-refractivity contribution in [3.63, 3.8) is 0 Å². The van der Waals surface area contributed by atoms with Crippen LogP contribution < -0.4 is 5.32 Å². The summed E-state index contributed by atoms with van der Waals surface area (Å²) in [4.78, 5) is 23.4. The zero-order valence-corrected chi connectivity index (χ0v) is 11.1. The molecule has 1 saturated carbocycles. The third-order valence-electron chi connectivity index (χ3n) is 3.76. The van der Waals surface area contributed by atoms with Gasteiger partial charge in [-0.2, -0.15) is 0 Å². The topological polar surface area (TPSA) is 66.4 Å². The molecule has 0 bridgehead atoms. The van der Waals surface area contributed by atoms with Crippen LogP contribution in [0.15, 0.2) is 24.3 Å². The van der Waals surface area contributed by atoms with Gasteiger partial charge in [0.2, 0.25) is 0 Å². The van der Waals surface area contributed by atoms with Gasteiger partial charge in [-0.3, -0.25) is 4.79 Å². The molecule has 1 aliphatic rings. The Morgan fingerprint density at radius 1 is 1.25 bits per heavy atom. The van der Waals surface area contributed by atoms with E-state index in [0.29, 0.717) is 0 Å². The second kappa shape index (κ2) is 6.50. The molecular formula is C15H18FNO3. The first-order chi connectivity index (χ1) is 9.58. The number of nitrogens with one attached hydrogen (secondary N) is 1. The van der Waals surface area contributed by atoms with Crippen molar-refractivity contribution in [2.45, 2.75) is 38.1 Å². The molecule has 0 aromatic heterocycles. The molecule has 0 heterocycles. The number of rotatable bonds is 4. The van der Waals surface area contributed by atoms with Crippen molar-refractivity contribution in [3.05, 3.63) is 35.6 Å². The molecule has 20 heavy (non-hydrogen) atoms. The van der Waals surface area contributed by atoms with E-state index in [4.69, 9.17) is 0 Å². The van der Waals surface area contributed by atoms with E-state index in [1.54, 1.807) is 0 Å². The maximum atomic E-state index is 13.1. The number of carbonyl (C=O) groups is 2. The molecule has 5 heteroatoms. The Labute approximate surface area is 117 Å². The van der Waals surface area contributed by atoms with Gasteiger partial charge in [-0.15, -0.1) is 0 Å². The lowest BCUT2D eigenvalue weighted by atomic mass is 9.84. The van der Waals surface area contributed by atoms with Gasteiger partial charge in [0.1, 0.15) is 11.9 Å². The fourth-order valence-electron chi connectivity index (χ4n) is 2.70. The molecule has 1 aromatic rings. The van der Waals surface area contributed by atoms with Crippen molar-refractivity contribution < 1.29 is 19.1 Å². The van der Waals surface area contributed by atoms with E-state index in [9.17, 15) is 19.1 Å². The van der Waals surface area contributed by atoms with Gasteiger partial charge >= 0.3 is 5.97 Å². The number of benzene rings is 1. The molecule has 0 saturated heterocycles. The van der Waals surface area contributed by atoms with Gasteiger partial charge in [0.15, 0.2) is 0 Å². The summed E-state index contributed by atoms with van der Waals surface area (Å²) in [6, 6.07) is 4.35. The van der Waals surface area contributed by atoms with Crippen molar-refractivity contribution in [1.82, 2.24) is 5.32 Å². The molecule has 0 spiro atoms. The average molecular weight is 279 g/mol. The van der Waals surface area contributed by atoms with Gasteiger partial charge in [0.05, 0.1) is 0 Å². The van der Waals surface area contributed by atoms with Gasteiger partial charge in [0.25, 0.3) is 5.91 Å². The van der Waals surface area contributed by atoms with Crippen LogP contribution in [0, 0.1) is 11.7 Å². The number of amides is 1. The van der Waals surface area contributed by atoms with E-state index >= 15 is 0 Å². The minimum Gasteiger partial charge on any atom is -0.480 e. The van der Waals surface area contributed by atoms with Gasteiger partial charge < -0.3 is 10.4 Å². The van der Waals surface area contributed by atoms with Gasteiger partial charge in [-0.1, -0.05) is 25.3 Å². The summed E-state index contributed by atoms with van der Waals surface area (Å²) in [6.45, 7) is 0. The lowest BCUT2D eigenvalue weighted by Crippen LogP contribution is -2.46. The second-order valence-corrected chi connectivity index (χ2v) is 5.20. The largest absolute Gasteiger partial charge is 0.480 e. The predicted octanol–water partition coefficient (Wildman–Crippen LogP) is 2.59. The number of carbonyl (C=O) groups excluding carboxylic acids is 1. The first-order valence-corrected chi connectivity index (χ1v) is 6.87. The molecule has 0 radical (unpaired) electrons. The van der Waals surface area contributed by atoms with E-state index in [1.165, 1.54) is 18.2 Å². The molecule has 1 aliphatic carbocycles. The Hall–Kier alpha value is -1.91. The monoisotopic (exact) mass is 279 g/mol. The predicted molar refractivity (Wildman–Crippen MR) is 71.9 cm³/mol. The summed E-state index contributed by atoms with van der Waals surface area (Å²) < 4.78 is 13.1. The normalized spacial score (nSPS) is 17.4. The van der Waals surface area contributed by atoms with E-state index in [0.717, 1.165) is 38.2 Å². The highest BCUT2D eigenvalue weighted by atomic mass is 19.1. The molecule has 1 amide bonds. The molecule has 1 fully saturated rings. The molecule has 108 valence electrons. The number of hydrogen-bond acceptors (Lipinski definition) is 2. The molecule has 2 N–H and O–H groups in total. The summed E-state index contributed by atoms with van der Waals surface area (Å²) in [5.41, 5.74) is 0.145. The molecule has 0 unspecified atom stereocenters. The summed E-state index contributed by atoms with van der Waals surface area (Å²) in [6.07, 6.45) is 4.70. The van der Waals surface area contributed by atoms with Crippen LogP contribution >= 0.6 is 0 Å². The van der Waals surface area contributed by atoms with Crippen LogP contribution in [0.25, 0.3) is 0 Å². The molecule has 1 aromatic carbocycles. The Kier molecular flexibility index (Phi) is 4.71. The maximum absolute atomic E-state index is 13.1. The van der Waals surface area contributed by atoms with Crippen molar-refractivity contribution >= 4 is 11.9 Å². The van der Waals surface area contributed by atoms with Crippen molar-refractivity contribution in [1.29, 1.82) is 0 Å². The smallest absolute Gasteiger partial charge is 0.326 e. The van der Waals surface area contributed by atoms with E-state index in [2.05, 4.69) is 5.32 Å². The fourth-order valence-corrected chi connectivity index (χ4v) is 2.70. The molecule has 0 aliphatic heterocycles. The number of aliphatic carboxylic acids is 1. The van der Waals surface area contributed by atoms with Crippen LogP contribution in [0.3, 0.4) is 0 Å². The summed E-state index contributed by atoms with van der Waals surface area (Å²) >= 11 is 0. The van der Waals surface area contributed by atoms with Crippen LogP contribution in [0.2, 0.25) is 0 Å². The third kappa shape index (κ3) is 3.56. The first kappa shape index (κ1) is 14.5. The Morgan fingerprint density at radius 3 is 2.55 bits per heavy atom. The standard InChI is InChI=1S/C15H18FNO3/c16-12-8-4-7-11(9-12)14(18)17-13(15(19)20)10-5-2-1-3-6-10/h4,7-10,13H,1-3,5-6H2,(H,17,18)(H,19,20)/t13-/m0/s1. The summed E-state index contributed by atoms with van der Waals surface area (Å²) in [5, 5.41) is 11.8. The Bertz CT molecular complexity index is 498. The number of hydrogen-bond donors (Lipinski definition) is 2. The van der Waals surface area contributed by atoms with Crippen LogP contribution in [0.1, 0.15) is 42.5 Å². The van der Waals surface area contributed by atoms with Crippen molar-refractivity contribution in [2.24, 2.45) is 5.92 Å². The van der Waals surface area contributed by atoms with Crippen molar-refractivity contribution in [3.8, 4) is 0 Å². The molecule has 2 rings (SSSR count). The number of carboxylic acid groups (broad SMARTS) is 1. The molecule has 4 nitrogen and oxygen atoms in total. The van der Waals surface area contributed by atoms with Gasteiger partial charge in [0, 0.05) is 5.56 Å². The highest BCUT2D eigenvalue weighted by Crippen LogP contribution is 2.26. The van der Waals surface area contributed by atoms with Crippen LogP contribution in [0.4, 0.5) is 4.39 Å². The Balaban J connectivity index is 2.07.